The largest absolute Gasteiger partial charge is 0.386 e. The minimum atomic E-state index is -0.568. The number of fused-ring (bicyclic) bond motifs is 1. The van der Waals surface area contributed by atoms with Gasteiger partial charge in [-0.15, -0.1) is 0 Å². The molecule has 0 heterocycles. The molecule has 1 aliphatic rings. The molecule has 1 aliphatic carbocycles. The molecule has 3 nitrogen and oxygen atoms in total. The van der Waals surface area contributed by atoms with Crippen molar-refractivity contribution in [3.8, 4) is 0 Å². The molecule has 0 spiro atoms. The van der Waals surface area contributed by atoms with Crippen molar-refractivity contribution in [3.05, 3.63) is 35.4 Å². The van der Waals surface area contributed by atoms with Crippen LogP contribution in [0.1, 0.15) is 43.9 Å². The van der Waals surface area contributed by atoms with Crippen LogP contribution in [0, 0.1) is 5.92 Å². The quantitative estimate of drug-likeness (QED) is 0.857. The number of amides is 1. The third-order valence-electron chi connectivity index (χ3n) is 3.77. The Bertz CT molecular complexity index is 430. The average Bonchev–Trinajstić information content (AvgIpc) is 2.66. The lowest BCUT2D eigenvalue weighted by atomic mass is 10.0. The molecule has 0 aliphatic heterocycles. The number of carbonyl (C=O) groups is 1. The first kappa shape index (κ1) is 13.1. The summed E-state index contributed by atoms with van der Waals surface area (Å²) in [5.74, 6) is 0.437. The summed E-state index contributed by atoms with van der Waals surface area (Å²) in [6.07, 6.45) is 1.70. The van der Waals surface area contributed by atoms with E-state index in [1.54, 1.807) is 0 Å². The zero-order valence-corrected chi connectivity index (χ0v) is 11.0. The maximum Gasteiger partial charge on any atom is 0.220 e. The normalized spacial score (nSPS) is 23.5. The minimum Gasteiger partial charge on any atom is -0.386 e. The molecular formula is C15H21NO2. The fraction of sp³-hybridized carbons (Fsp3) is 0.533. The first-order valence-corrected chi connectivity index (χ1v) is 6.67. The summed E-state index contributed by atoms with van der Waals surface area (Å²) >= 11 is 0. The van der Waals surface area contributed by atoms with E-state index in [-0.39, 0.29) is 11.9 Å². The summed E-state index contributed by atoms with van der Waals surface area (Å²) in [7, 11) is 0. The van der Waals surface area contributed by atoms with Crippen molar-refractivity contribution in [2.24, 2.45) is 5.92 Å². The molecule has 2 N–H and O–H groups in total. The lowest BCUT2D eigenvalue weighted by molar-refractivity contribution is -0.123. The van der Waals surface area contributed by atoms with Gasteiger partial charge in [-0.1, -0.05) is 44.5 Å². The summed E-state index contributed by atoms with van der Waals surface area (Å²) in [6.45, 7) is 4.15. The topological polar surface area (TPSA) is 49.3 Å². The second-order valence-electron chi connectivity index (χ2n) is 5.24. The van der Waals surface area contributed by atoms with E-state index in [0.29, 0.717) is 12.3 Å². The zero-order chi connectivity index (χ0) is 13.1. The number of hydrogen-bond donors (Lipinski definition) is 2. The van der Waals surface area contributed by atoms with E-state index in [1.807, 2.05) is 24.3 Å². The maximum absolute atomic E-state index is 11.8. The number of hydrogen-bond acceptors (Lipinski definition) is 2. The number of rotatable bonds is 4. The van der Waals surface area contributed by atoms with Crippen molar-refractivity contribution in [2.45, 2.75) is 45.3 Å². The summed E-state index contributed by atoms with van der Waals surface area (Å²) in [5.41, 5.74) is 2.09. The van der Waals surface area contributed by atoms with Gasteiger partial charge >= 0.3 is 0 Å². The van der Waals surface area contributed by atoms with Crippen LogP contribution in [0.15, 0.2) is 24.3 Å². The molecule has 1 aromatic carbocycles. The minimum absolute atomic E-state index is 0.0428. The zero-order valence-electron chi connectivity index (χ0n) is 11.0. The number of aliphatic hydroxyl groups excluding tert-OH is 1. The summed E-state index contributed by atoms with van der Waals surface area (Å²) < 4.78 is 0. The second-order valence-corrected chi connectivity index (χ2v) is 5.24. The highest BCUT2D eigenvalue weighted by Gasteiger charge is 2.31. The highest BCUT2D eigenvalue weighted by Crippen LogP contribution is 2.31. The van der Waals surface area contributed by atoms with Crippen molar-refractivity contribution in [1.82, 2.24) is 5.32 Å². The Morgan fingerprint density at radius 3 is 2.89 bits per heavy atom. The molecule has 0 saturated carbocycles. The summed E-state index contributed by atoms with van der Waals surface area (Å²) in [4.78, 5) is 11.8. The first-order valence-electron chi connectivity index (χ1n) is 6.67. The van der Waals surface area contributed by atoms with Crippen LogP contribution in [-0.2, 0) is 11.2 Å². The van der Waals surface area contributed by atoms with Crippen molar-refractivity contribution >= 4 is 5.91 Å². The molecule has 3 atom stereocenters. The molecule has 1 aromatic rings. The van der Waals surface area contributed by atoms with Crippen LogP contribution >= 0.6 is 0 Å². The third kappa shape index (κ3) is 2.72. The fourth-order valence-corrected chi connectivity index (χ4v) is 2.43. The Kier molecular flexibility index (Phi) is 4.02. The molecule has 98 valence electrons. The summed E-state index contributed by atoms with van der Waals surface area (Å²) in [6, 6.07) is 7.67. The van der Waals surface area contributed by atoms with Crippen LogP contribution in [0.3, 0.4) is 0 Å². The molecule has 0 bridgehead atoms. The molecule has 0 radical (unpaired) electrons. The number of benzene rings is 1. The summed E-state index contributed by atoms with van der Waals surface area (Å²) in [5, 5.41) is 13.1. The van der Waals surface area contributed by atoms with Crippen LogP contribution in [-0.4, -0.2) is 17.1 Å². The molecule has 3 heteroatoms. The highest BCUT2D eigenvalue weighted by molar-refractivity contribution is 5.76. The molecule has 1 amide bonds. The predicted molar refractivity (Wildman–Crippen MR) is 71.1 cm³/mol. The predicted octanol–water partition coefficient (Wildman–Crippen LogP) is 2.20. The third-order valence-corrected chi connectivity index (χ3v) is 3.77. The SMILES string of the molecule is CC[C@H](C)CC(=O)N[C@H]1Cc2ccccc2[C@H]1O. The monoisotopic (exact) mass is 247 g/mol. The molecule has 18 heavy (non-hydrogen) atoms. The average molecular weight is 247 g/mol. The van der Waals surface area contributed by atoms with Crippen LogP contribution in [0.25, 0.3) is 0 Å². The second kappa shape index (κ2) is 5.53. The first-order chi connectivity index (χ1) is 8.61. The van der Waals surface area contributed by atoms with E-state index < -0.39 is 6.10 Å². The molecule has 0 unspecified atom stereocenters. The molecule has 0 aromatic heterocycles. The van der Waals surface area contributed by atoms with Crippen molar-refractivity contribution in [1.29, 1.82) is 0 Å². The van der Waals surface area contributed by atoms with E-state index in [1.165, 1.54) is 0 Å². The van der Waals surface area contributed by atoms with Crippen molar-refractivity contribution in [3.63, 3.8) is 0 Å². The Morgan fingerprint density at radius 2 is 2.22 bits per heavy atom. The lowest BCUT2D eigenvalue weighted by Gasteiger charge is -2.18. The molecular weight excluding hydrogens is 226 g/mol. The van der Waals surface area contributed by atoms with Gasteiger partial charge in [-0.25, -0.2) is 0 Å². The fourth-order valence-electron chi connectivity index (χ4n) is 2.43. The van der Waals surface area contributed by atoms with Crippen LogP contribution in [0.5, 0.6) is 0 Å². The Hall–Kier alpha value is -1.35. The van der Waals surface area contributed by atoms with Gasteiger partial charge < -0.3 is 10.4 Å². The van der Waals surface area contributed by atoms with Crippen LogP contribution in [0.2, 0.25) is 0 Å². The van der Waals surface area contributed by atoms with E-state index in [9.17, 15) is 9.90 Å². The number of aliphatic hydroxyl groups is 1. The van der Waals surface area contributed by atoms with E-state index in [4.69, 9.17) is 0 Å². The van der Waals surface area contributed by atoms with Gasteiger partial charge in [-0.3, -0.25) is 4.79 Å². The van der Waals surface area contributed by atoms with Gasteiger partial charge in [0.15, 0.2) is 0 Å². The van der Waals surface area contributed by atoms with Crippen molar-refractivity contribution in [2.75, 3.05) is 0 Å². The van der Waals surface area contributed by atoms with Gasteiger partial charge in [-0.05, 0) is 23.5 Å². The van der Waals surface area contributed by atoms with E-state index in [2.05, 4.69) is 19.2 Å². The van der Waals surface area contributed by atoms with Crippen molar-refractivity contribution < 1.29 is 9.90 Å². The van der Waals surface area contributed by atoms with Gasteiger partial charge in [0.1, 0.15) is 0 Å². The van der Waals surface area contributed by atoms with E-state index in [0.717, 1.165) is 24.0 Å². The standard InChI is InChI=1S/C15H21NO2/c1-3-10(2)8-14(17)16-13-9-11-6-4-5-7-12(11)15(13)18/h4-7,10,13,15,18H,3,8-9H2,1-2H3,(H,16,17)/t10-,13-,15+/m0/s1. The van der Waals surface area contributed by atoms with Crippen LogP contribution < -0.4 is 5.32 Å². The maximum atomic E-state index is 11.8. The van der Waals surface area contributed by atoms with Gasteiger partial charge in [-0.2, -0.15) is 0 Å². The molecule has 2 rings (SSSR count). The highest BCUT2D eigenvalue weighted by atomic mass is 16.3. The van der Waals surface area contributed by atoms with E-state index >= 15 is 0 Å². The molecule has 0 fully saturated rings. The Morgan fingerprint density at radius 1 is 1.50 bits per heavy atom. The number of carbonyl (C=O) groups excluding carboxylic acids is 1. The Labute approximate surface area is 108 Å². The smallest absolute Gasteiger partial charge is 0.220 e. The van der Waals surface area contributed by atoms with Gasteiger partial charge in [0.2, 0.25) is 5.91 Å². The van der Waals surface area contributed by atoms with Gasteiger partial charge in [0.25, 0.3) is 0 Å². The molecule has 0 saturated heterocycles. The lowest BCUT2D eigenvalue weighted by Crippen LogP contribution is -2.38. The Balaban J connectivity index is 1.95. The van der Waals surface area contributed by atoms with Gasteiger partial charge in [0, 0.05) is 6.42 Å². The number of nitrogens with one attached hydrogen (secondary N) is 1. The van der Waals surface area contributed by atoms with Crippen LogP contribution in [0.4, 0.5) is 0 Å². The van der Waals surface area contributed by atoms with Gasteiger partial charge in [0.05, 0.1) is 12.1 Å².